The number of anilines is 1. The van der Waals surface area contributed by atoms with Crippen molar-refractivity contribution >= 4 is 59.1 Å². The molecule has 2 rings (SSSR count). The molecular formula is C9H7I2NO. The quantitative estimate of drug-likeness (QED) is 0.521. The second-order valence-electron chi connectivity index (χ2n) is 2.62. The Kier molecular flexibility index (Phi) is 2.59. The maximum Gasteiger partial charge on any atom is 0.131 e. The van der Waals surface area contributed by atoms with Crippen LogP contribution in [0.25, 0.3) is 6.08 Å². The van der Waals surface area contributed by atoms with Crippen molar-refractivity contribution in [1.29, 1.82) is 0 Å². The van der Waals surface area contributed by atoms with Gasteiger partial charge in [-0.15, -0.1) is 0 Å². The molecule has 0 aromatic heterocycles. The number of benzene rings is 1. The van der Waals surface area contributed by atoms with E-state index in [2.05, 4.69) is 26.6 Å². The number of phenolic OH excluding ortho intramolecular Hbond substituents is 1. The van der Waals surface area contributed by atoms with Crippen molar-refractivity contribution in [1.82, 2.24) is 0 Å². The number of aromatic hydroxyl groups is 1. The standard InChI is InChI=1S/C9H7I2NO/c10-8-5-2-1-3-11-9(5)6(12)4-7(8)13/h1-4,13H,12H2. The lowest BCUT2D eigenvalue weighted by Crippen LogP contribution is -1.97. The Morgan fingerprint density at radius 2 is 2.23 bits per heavy atom. The highest BCUT2D eigenvalue weighted by molar-refractivity contribution is 14.2. The lowest BCUT2D eigenvalue weighted by Gasteiger charge is -2.11. The molecule has 0 unspecified atom stereocenters. The van der Waals surface area contributed by atoms with Gasteiger partial charge in [-0.25, -0.2) is 0 Å². The summed E-state index contributed by atoms with van der Waals surface area (Å²) in [6.07, 6.45) is 4.05. The predicted molar refractivity (Wildman–Crippen MR) is 73.1 cm³/mol. The second-order valence-corrected chi connectivity index (χ2v) is 6.12. The van der Waals surface area contributed by atoms with Crippen molar-refractivity contribution in [2.24, 2.45) is 0 Å². The molecule has 1 aromatic carbocycles. The van der Waals surface area contributed by atoms with E-state index < -0.39 is 0 Å². The van der Waals surface area contributed by atoms with E-state index in [1.165, 1.54) is 3.57 Å². The van der Waals surface area contributed by atoms with E-state index in [0.717, 1.165) is 14.8 Å². The first-order valence-corrected chi connectivity index (χ1v) is 7.04. The van der Waals surface area contributed by atoms with Crippen LogP contribution in [0.3, 0.4) is 0 Å². The van der Waals surface area contributed by atoms with Gasteiger partial charge in [0, 0.05) is 20.9 Å². The molecule has 0 saturated carbocycles. The Hall–Kier alpha value is -0.110. The van der Waals surface area contributed by atoms with Crippen molar-refractivity contribution in [3.63, 3.8) is 0 Å². The zero-order valence-electron chi connectivity index (χ0n) is 6.59. The van der Waals surface area contributed by atoms with Crippen LogP contribution in [0.4, 0.5) is 5.69 Å². The first kappa shape index (κ1) is 9.45. The minimum Gasteiger partial charge on any atom is -0.507 e. The summed E-state index contributed by atoms with van der Waals surface area (Å²) in [6.45, 7) is 0. The molecule has 0 saturated heterocycles. The molecule has 1 aliphatic heterocycles. The first-order chi connectivity index (χ1) is 6.20. The third-order valence-electron chi connectivity index (χ3n) is 1.75. The summed E-state index contributed by atoms with van der Waals surface area (Å²) >= 11 is 2.04. The largest absolute Gasteiger partial charge is 0.507 e. The Bertz CT molecular complexity index is 424. The van der Waals surface area contributed by atoms with Crippen LogP contribution in [-0.2, 0) is 0 Å². The molecule has 0 amide bonds. The van der Waals surface area contributed by atoms with Crippen LogP contribution in [0.15, 0.2) is 12.1 Å². The van der Waals surface area contributed by atoms with Crippen molar-refractivity contribution in [3.05, 3.63) is 24.8 Å². The third-order valence-corrected chi connectivity index (χ3v) is 5.49. The molecule has 68 valence electrons. The van der Waals surface area contributed by atoms with Gasteiger partial charge in [0.05, 0.1) is 3.57 Å². The van der Waals surface area contributed by atoms with Crippen molar-refractivity contribution in [3.8, 4) is 5.75 Å². The predicted octanol–water partition coefficient (Wildman–Crippen LogP) is 2.55. The number of halogens is 2. The van der Waals surface area contributed by atoms with Gasteiger partial charge < -0.3 is 10.8 Å². The van der Waals surface area contributed by atoms with Gasteiger partial charge in [-0.3, -0.25) is 0 Å². The van der Waals surface area contributed by atoms with Gasteiger partial charge in [-0.05, 0) is 26.6 Å². The van der Waals surface area contributed by atoms with Crippen LogP contribution < -0.4 is 5.73 Å². The minimum atomic E-state index is -0.109. The fourth-order valence-corrected chi connectivity index (χ4v) is 4.36. The fourth-order valence-electron chi connectivity index (χ4n) is 1.16. The molecule has 0 atom stereocenters. The van der Waals surface area contributed by atoms with Gasteiger partial charge in [0.25, 0.3) is 0 Å². The van der Waals surface area contributed by atoms with Crippen LogP contribution in [-0.4, -0.2) is 9.12 Å². The molecule has 4 heteroatoms. The molecule has 1 aromatic rings. The van der Waals surface area contributed by atoms with Gasteiger partial charge in [0.1, 0.15) is 5.75 Å². The number of allylic oxidation sites excluding steroid dienone is 1. The number of hydrogen-bond acceptors (Lipinski definition) is 2. The second kappa shape index (κ2) is 3.56. The molecule has 3 N–H and O–H groups in total. The summed E-state index contributed by atoms with van der Waals surface area (Å²) in [5.74, 6) is 0.285. The summed E-state index contributed by atoms with van der Waals surface area (Å²) in [6, 6.07) is 1.65. The first-order valence-electron chi connectivity index (χ1n) is 3.64. The van der Waals surface area contributed by atoms with E-state index in [1.54, 1.807) is 6.07 Å². The van der Waals surface area contributed by atoms with Gasteiger partial charge in [-0.1, -0.05) is 32.9 Å². The average molecular weight is 399 g/mol. The lowest BCUT2D eigenvalue weighted by molar-refractivity contribution is 0.471. The molecule has 13 heavy (non-hydrogen) atoms. The van der Waals surface area contributed by atoms with Crippen LogP contribution in [0.5, 0.6) is 5.75 Å². The van der Waals surface area contributed by atoms with Gasteiger partial charge in [-0.2, -0.15) is 0 Å². The van der Waals surface area contributed by atoms with E-state index in [9.17, 15) is 5.11 Å². The number of hydrogen-bond donors (Lipinski definition) is 2. The molecule has 0 bridgehead atoms. The fraction of sp³-hybridized carbons (Fsp3) is 0. The SMILES string of the molecule is Nc1cc(O)c(I)c2c1I=CC=C2. The number of nitrogen functional groups attached to an aromatic ring is 1. The number of nitrogens with two attached hydrogens (primary N) is 1. The Labute approximate surface area is 99.7 Å². The summed E-state index contributed by atoms with van der Waals surface area (Å²) in [7, 11) is 0. The Balaban J connectivity index is 2.79. The molecule has 1 aliphatic rings. The maximum atomic E-state index is 9.54. The van der Waals surface area contributed by atoms with E-state index in [-0.39, 0.29) is 26.5 Å². The van der Waals surface area contributed by atoms with Crippen LogP contribution in [0.1, 0.15) is 5.56 Å². The van der Waals surface area contributed by atoms with Crippen molar-refractivity contribution in [2.75, 3.05) is 5.73 Å². The highest BCUT2D eigenvalue weighted by Gasteiger charge is 2.12. The molecular weight excluding hydrogens is 392 g/mol. The highest BCUT2D eigenvalue weighted by Crippen LogP contribution is 2.36. The number of phenols is 1. The van der Waals surface area contributed by atoms with E-state index in [1.807, 2.05) is 12.2 Å². The maximum absolute atomic E-state index is 9.54. The normalized spacial score (nSPS) is 13.6. The van der Waals surface area contributed by atoms with Crippen molar-refractivity contribution in [2.45, 2.75) is 0 Å². The molecule has 0 radical (unpaired) electrons. The zero-order valence-corrected chi connectivity index (χ0v) is 10.9. The van der Waals surface area contributed by atoms with Crippen LogP contribution in [0.2, 0.25) is 0 Å². The summed E-state index contributed by atoms with van der Waals surface area (Å²) in [5.41, 5.74) is 7.65. The van der Waals surface area contributed by atoms with E-state index >= 15 is 0 Å². The monoisotopic (exact) mass is 399 g/mol. The zero-order chi connectivity index (χ0) is 9.42. The summed E-state index contributed by atoms with van der Waals surface area (Å²) in [4.78, 5) is 0. The number of fused-ring (bicyclic) bond motifs is 1. The van der Waals surface area contributed by atoms with Gasteiger partial charge >= 0.3 is 0 Å². The average Bonchev–Trinajstić information content (AvgIpc) is 2.15. The summed E-state index contributed by atoms with van der Waals surface area (Å²) in [5, 5.41) is 9.54. The number of rotatable bonds is 0. The third kappa shape index (κ3) is 1.61. The van der Waals surface area contributed by atoms with Crippen LogP contribution >= 0.6 is 43.3 Å². The molecule has 2 nitrogen and oxygen atoms in total. The highest BCUT2D eigenvalue weighted by atomic mass is 127. The Morgan fingerprint density at radius 1 is 1.46 bits per heavy atom. The lowest BCUT2D eigenvalue weighted by atomic mass is 10.2. The van der Waals surface area contributed by atoms with Gasteiger partial charge in [0.2, 0.25) is 0 Å². The van der Waals surface area contributed by atoms with Crippen molar-refractivity contribution < 1.29 is 5.11 Å². The minimum absolute atomic E-state index is 0.109. The summed E-state index contributed by atoms with van der Waals surface area (Å²) < 4.78 is 4.30. The van der Waals surface area contributed by atoms with Crippen LogP contribution in [0, 0.1) is 7.14 Å². The smallest absolute Gasteiger partial charge is 0.131 e. The Morgan fingerprint density at radius 3 is 3.00 bits per heavy atom. The van der Waals surface area contributed by atoms with E-state index in [0.29, 0.717) is 0 Å². The van der Waals surface area contributed by atoms with E-state index in [4.69, 9.17) is 5.73 Å². The molecule has 0 aliphatic carbocycles. The van der Waals surface area contributed by atoms with Gasteiger partial charge in [0.15, 0.2) is 0 Å². The molecule has 1 heterocycles. The topological polar surface area (TPSA) is 46.2 Å². The molecule has 0 fully saturated rings. The molecule has 0 spiro atoms.